The highest BCUT2D eigenvalue weighted by Gasteiger charge is 2.02. The van der Waals surface area contributed by atoms with Crippen LogP contribution in [0, 0.1) is 0 Å². The van der Waals surface area contributed by atoms with E-state index in [1.165, 1.54) is 19.3 Å². The van der Waals surface area contributed by atoms with Gasteiger partial charge in [0.1, 0.15) is 6.17 Å². The molecule has 0 heterocycles. The Hall–Kier alpha value is -0.120. The van der Waals surface area contributed by atoms with Crippen LogP contribution in [0.1, 0.15) is 64.2 Å². The number of aliphatic carboxylic acids is 1. The van der Waals surface area contributed by atoms with Crippen LogP contribution >= 0.6 is 15.9 Å². The van der Waals surface area contributed by atoms with Gasteiger partial charge in [-0.15, -0.1) is 0 Å². The normalized spacial score (nSPS) is 12.6. The standard InChI is InChI=1S/C13H24BrFO2/c14-11-12(15)9-7-5-3-1-2-4-6-8-10-13(16)17/h12H,1-11H2,(H,16,17)/t12-/m0/s1. The number of carbonyl (C=O) groups is 1. The first-order valence-corrected chi connectivity index (χ1v) is 7.70. The van der Waals surface area contributed by atoms with Crippen molar-refractivity contribution in [3.05, 3.63) is 0 Å². The lowest BCUT2D eigenvalue weighted by atomic mass is 10.1. The SMILES string of the molecule is O=C(O)CCCCCCCCCC[C@H](F)CBr. The zero-order valence-corrected chi connectivity index (χ0v) is 12.1. The number of hydrogen-bond acceptors (Lipinski definition) is 1. The molecule has 0 amide bonds. The van der Waals surface area contributed by atoms with Crippen molar-refractivity contribution in [2.75, 3.05) is 5.33 Å². The van der Waals surface area contributed by atoms with Gasteiger partial charge in [-0.05, 0) is 12.8 Å². The lowest BCUT2D eigenvalue weighted by Crippen LogP contribution is -2.00. The van der Waals surface area contributed by atoms with Gasteiger partial charge in [-0.25, -0.2) is 4.39 Å². The number of unbranched alkanes of at least 4 members (excludes halogenated alkanes) is 7. The summed E-state index contributed by atoms with van der Waals surface area (Å²) in [6.45, 7) is 0. The maximum atomic E-state index is 12.8. The molecular formula is C13H24BrFO2. The van der Waals surface area contributed by atoms with Crippen LogP contribution in [0.25, 0.3) is 0 Å². The summed E-state index contributed by atoms with van der Waals surface area (Å²) in [5.74, 6) is -0.697. The molecule has 0 aliphatic carbocycles. The van der Waals surface area contributed by atoms with E-state index in [9.17, 15) is 9.18 Å². The second-order valence-corrected chi connectivity index (χ2v) is 5.16. The third-order valence-corrected chi connectivity index (χ3v) is 3.53. The zero-order valence-electron chi connectivity index (χ0n) is 10.5. The molecule has 0 unspecified atom stereocenters. The Bertz CT molecular complexity index is 188. The van der Waals surface area contributed by atoms with Gasteiger partial charge in [0.05, 0.1) is 0 Å². The maximum absolute atomic E-state index is 12.8. The molecule has 0 aromatic heterocycles. The Balaban J connectivity index is 3.01. The van der Waals surface area contributed by atoms with E-state index in [1.807, 2.05) is 0 Å². The molecule has 0 aliphatic heterocycles. The summed E-state index contributed by atoms with van der Waals surface area (Å²) in [7, 11) is 0. The Labute approximate surface area is 112 Å². The molecule has 0 aromatic carbocycles. The number of hydrogen-bond donors (Lipinski definition) is 1. The van der Waals surface area contributed by atoms with Gasteiger partial charge in [-0.1, -0.05) is 60.9 Å². The minimum absolute atomic E-state index is 0.296. The smallest absolute Gasteiger partial charge is 0.303 e. The molecule has 0 aromatic rings. The number of carboxylic acid groups (broad SMARTS) is 1. The van der Waals surface area contributed by atoms with E-state index in [-0.39, 0.29) is 0 Å². The molecule has 0 spiro atoms. The van der Waals surface area contributed by atoms with E-state index in [2.05, 4.69) is 15.9 Å². The fourth-order valence-corrected chi connectivity index (χ4v) is 2.10. The van der Waals surface area contributed by atoms with Gasteiger partial charge in [-0.2, -0.15) is 0 Å². The number of alkyl halides is 2. The van der Waals surface area contributed by atoms with Gasteiger partial charge in [0.15, 0.2) is 0 Å². The molecule has 2 nitrogen and oxygen atoms in total. The van der Waals surface area contributed by atoms with Crippen LogP contribution in [0.5, 0.6) is 0 Å². The number of rotatable bonds is 12. The first-order valence-electron chi connectivity index (χ1n) is 6.58. The minimum Gasteiger partial charge on any atom is -0.481 e. The molecule has 0 fully saturated rings. The maximum Gasteiger partial charge on any atom is 0.303 e. The van der Waals surface area contributed by atoms with Crippen LogP contribution in [0.15, 0.2) is 0 Å². The van der Waals surface area contributed by atoms with E-state index in [0.29, 0.717) is 18.2 Å². The summed E-state index contributed by atoms with van der Waals surface area (Å²) >= 11 is 3.13. The van der Waals surface area contributed by atoms with Gasteiger partial charge in [0.2, 0.25) is 0 Å². The Morgan fingerprint density at radius 3 is 1.94 bits per heavy atom. The molecule has 0 radical (unpaired) electrons. The van der Waals surface area contributed by atoms with E-state index in [0.717, 1.165) is 32.1 Å². The van der Waals surface area contributed by atoms with E-state index < -0.39 is 12.1 Å². The van der Waals surface area contributed by atoms with Crippen molar-refractivity contribution in [3.8, 4) is 0 Å². The molecule has 102 valence electrons. The molecule has 4 heteroatoms. The van der Waals surface area contributed by atoms with Crippen LogP contribution in [-0.4, -0.2) is 22.6 Å². The molecule has 1 N–H and O–H groups in total. The molecular weight excluding hydrogens is 287 g/mol. The van der Waals surface area contributed by atoms with E-state index >= 15 is 0 Å². The topological polar surface area (TPSA) is 37.3 Å². The van der Waals surface area contributed by atoms with Gasteiger partial charge < -0.3 is 5.11 Å². The van der Waals surface area contributed by atoms with Crippen molar-refractivity contribution < 1.29 is 14.3 Å². The minimum atomic E-state index is -0.697. The Morgan fingerprint density at radius 1 is 1.00 bits per heavy atom. The molecule has 1 atom stereocenters. The van der Waals surface area contributed by atoms with Crippen molar-refractivity contribution in [2.45, 2.75) is 70.4 Å². The van der Waals surface area contributed by atoms with Crippen molar-refractivity contribution in [3.63, 3.8) is 0 Å². The zero-order chi connectivity index (χ0) is 12.9. The predicted molar refractivity (Wildman–Crippen MR) is 72.5 cm³/mol. The lowest BCUT2D eigenvalue weighted by molar-refractivity contribution is -0.137. The van der Waals surface area contributed by atoms with Gasteiger partial charge >= 0.3 is 5.97 Å². The quantitative estimate of drug-likeness (QED) is 0.419. The van der Waals surface area contributed by atoms with Crippen LogP contribution in [0.4, 0.5) is 4.39 Å². The lowest BCUT2D eigenvalue weighted by Gasteiger charge is -2.04. The third kappa shape index (κ3) is 13.8. The molecule has 0 saturated carbocycles. The summed E-state index contributed by atoms with van der Waals surface area (Å²) in [5.41, 5.74) is 0. The van der Waals surface area contributed by atoms with Crippen molar-refractivity contribution >= 4 is 21.9 Å². The predicted octanol–water partition coefficient (Wildman–Crippen LogP) is 4.71. The van der Waals surface area contributed by atoms with Crippen LogP contribution in [-0.2, 0) is 4.79 Å². The average Bonchev–Trinajstić information content (AvgIpc) is 2.30. The average molecular weight is 311 g/mol. The molecule has 0 saturated heterocycles. The summed E-state index contributed by atoms with van der Waals surface area (Å²) in [6, 6.07) is 0. The molecule has 0 bridgehead atoms. The monoisotopic (exact) mass is 310 g/mol. The summed E-state index contributed by atoms with van der Waals surface area (Å²) < 4.78 is 12.8. The second kappa shape index (κ2) is 12.3. The molecule has 0 rings (SSSR count). The van der Waals surface area contributed by atoms with Crippen molar-refractivity contribution in [2.24, 2.45) is 0 Å². The number of carboxylic acids is 1. The summed E-state index contributed by atoms with van der Waals surface area (Å²) in [4.78, 5) is 10.3. The van der Waals surface area contributed by atoms with Crippen LogP contribution < -0.4 is 0 Å². The second-order valence-electron chi connectivity index (χ2n) is 4.51. The number of halogens is 2. The summed E-state index contributed by atoms with van der Waals surface area (Å²) in [6.07, 6.45) is 8.85. The van der Waals surface area contributed by atoms with Gasteiger partial charge in [-0.3, -0.25) is 4.79 Å². The van der Waals surface area contributed by atoms with Crippen molar-refractivity contribution in [1.29, 1.82) is 0 Å². The fourth-order valence-electron chi connectivity index (χ4n) is 1.78. The van der Waals surface area contributed by atoms with Crippen LogP contribution in [0.3, 0.4) is 0 Å². The highest BCUT2D eigenvalue weighted by molar-refractivity contribution is 9.09. The summed E-state index contributed by atoms with van der Waals surface area (Å²) in [5, 5.41) is 8.90. The van der Waals surface area contributed by atoms with Gasteiger partial charge in [0, 0.05) is 11.8 Å². The van der Waals surface area contributed by atoms with Crippen molar-refractivity contribution in [1.82, 2.24) is 0 Å². The Kier molecular flexibility index (Phi) is 12.3. The first kappa shape index (κ1) is 16.9. The van der Waals surface area contributed by atoms with Gasteiger partial charge in [0.25, 0.3) is 0 Å². The fraction of sp³-hybridized carbons (Fsp3) is 0.923. The largest absolute Gasteiger partial charge is 0.481 e. The first-order chi connectivity index (χ1) is 8.16. The molecule has 0 aliphatic rings. The molecule has 17 heavy (non-hydrogen) atoms. The third-order valence-electron chi connectivity index (χ3n) is 2.83. The van der Waals surface area contributed by atoms with E-state index in [1.54, 1.807) is 0 Å². The highest BCUT2D eigenvalue weighted by Crippen LogP contribution is 2.13. The van der Waals surface area contributed by atoms with E-state index in [4.69, 9.17) is 5.11 Å². The van der Waals surface area contributed by atoms with Crippen LogP contribution in [0.2, 0.25) is 0 Å². The Morgan fingerprint density at radius 2 is 1.47 bits per heavy atom. The highest BCUT2D eigenvalue weighted by atomic mass is 79.9.